The zero-order chi connectivity index (χ0) is 21.3. The number of rotatable bonds is 5. The fourth-order valence-electron chi connectivity index (χ4n) is 3.31. The Morgan fingerprint density at radius 2 is 2.00 bits per heavy atom. The highest BCUT2D eigenvalue weighted by Crippen LogP contribution is 2.46. The van der Waals surface area contributed by atoms with Crippen molar-refractivity contribution in [3.63, 3.8) is 0 Å². The van der Waals surface area contributed by atoms with Crippen LogP contribution in [0.5, 0.6) is 11.5 Å². The molecule has 1 aromatic carbocycles. The van der Waals surface area contributed by atoms with Crippen molar-refractivity contribution < 1.29 is 27.8 Å². The molecule has 1 fully saturated rings. The predicted octanol–water partition coefficient (Wildman–Crippen LogP) is 3.29. The molecule has 2 aliphatic rings. The molecule has 0 heterocycles. The summed E-state index contributed by atoms with van der Waals surface area (Å²) in [5.74, 6) is 11.9. The zero-order valence-electron chi connectivity index (χ0n) is 15.9. The highest BCUT2D eigenvalue weighted by atomic mass is 19.4. The number of hydrogen-bond donors (Lipinski definition) is 3. The monoisotopic (exact) mass is 412 g/mol. The molecule has 1 saturated carbocycles. The van der Waals surface area contributed by atoms with E-state index in [0.717, 1.165) is 24.5 Å². The summed E-state index contributed by atoms with van der Waals surface area (Å²) in [4.78, 5) is 12.1. The molecule has 0 aliphatic heterocycles. The number of nitrogens with zero attached hydrogens (tertiary/aromatic N) is 2. The van der Waals surface area contributed by atoms with Gasteiger partial charge in [0, 0.05) is 23.9 Å². The first-order valence-corrected chi connectivity index (χ1v) is 9.12. The molecular formula is C19H23F3N4O3. The Kier molecular flexibility index (Phi) is 5.76. The SMILES string of the molecule is CN(N)C(=O)N(N)C1=C(COc2ccc(O)cc2C2CC2)C(C(F)(F)F)=CCC1. The molecule has 2 aliphatic carbocycles. The predicted molar refractivity (Wildman–Crippen MR) is 99.3 cm³/mol. The molecule has 10 heteroatoms. The average molecular weight is 412 g/mol. The van der Waals surface area contributed by atoms with Crippen LogP contribution >= 0.6 is 0 Å². The Morgan fingerprint density at radius 1 is 1.31 bits per heavy atom. The standard InChI is InChI=1S/C19H23F3N4O3/c1-25(23)18(28)26(24)16-4-2-3-15(19(20,21)22)14(16)10-29-17-8-7-12(27)9-13(17)11-5-6-11/h3,7-9,11,27H,2,4-6,10,23-24H2,1H3. The molecule has 0 atom stereocenters. The summed E-state index contributed by atoms with van der Waals surface area (Å²) in [6.45, 7) is -0.430. The highest BCUT2D eigenvalue weighted by Gasteiger charge is 2.40. The van der Waals surface area contributed by atoms with E-state index < -0.39 is 24.4 Å². The fourth-order valence-corrected chi connectivity index (χ4v) is 3.31. The van der Waals surface area contributed by atoms with Gasteiger partial charge in [-0.05, 0) is 49.8 Å². The van der Waals surface area contributed by atoms with Gasteiger partial charge in [-0.2, -0.15) is 13.2 Å². The summed E-state index contributed by atoms with van der Waals surface area (Å²) in [5, 5.41) is 11.0. The molecule has 0 radical (unpaired) electrons. The van der Waals surface area contributed by atoms with E-state index in [-0.39, 0.29) is 35.8 Å². The summed E-state index contributed by atoms with van der Waals surface area (Å²) in [5.41, 5.74) is -0.332. The van der Waals surface area contributed by atoms with Crippen molar-refractivity contribution in [3.8, 4) is 11.5 Å². The summed E-state index contributed by atoms with van der Waals surface area (Å²) in [7, 11) is 1.25. The van der Waals surface area contributed by atoms with Gasteiger partial charge >= 0.3 is 12.2 Å². The van der Waals surface area contributed by atoms with Gasteiger partial charge in [-0.15, -0.1) is 0 Å². The second-order valence-corrected chi connectivity index (χ2v) is 7.13. The maximum absolute atomic E-state index is 13.6. The number of hydrazine groups is 2. The summed E-state index contributed by atoms with van der Waals surface area (Å²) < 4.78 is 46.6. The van der Waals surface area contributed by atoms with Crippen molar-refractivity contribution in [2.75, 3.05) is 13.7 Å². The minimum absolute atomic E-state index is 0.00822. The minimum atomic E-state index is -4.63. The average Bonchev–Trinajstić information content (AvgIpc) is 3.49. The molecule has 3 rings (SSSR count). The quantitative estimate of drug-likeness (QED) is 0.391. The lowest BCUT2D eigenvalue weighted by molar-refractivity contribution is -0.0907. The van der Waals surface area contributed by atoms with E-state index in [1.807, 2.05) is 0 Å². The second-order valence-electron chi connectivity index (χ2n) is 7.13. The highest BCUT2D eigenvalue weighted by molar-refractivity contribution is 5.75. The molecule has 1 aromatic rings. The molecule has 158 valence electrons. The third kappa shape index (κ3) is 4.65. The number of aromatic hydroxyl groups is 1. The van der Waals surface area contributed by atoms with E-state index in [1.165, 1.54) is 19.2 Å². The number of alkyl halides is 3. The van der Waals surface area contributed by atoms with Crippen LogP contribution in [0.15, 0.2) is 41.1 Å². The molecular weight excluding hydrogens is 389 g/mol. The van der Waals surface area contributed by atoms with Gasteiger partial charge in [-0.3, -0.25) is 5.01 Å². The smallest absolute Gasteiger partial charge is 0.416 e. The summed E-state index contributed by atoms with van der Waals surface area (Å²) >= 11 is 0. The first-order valence-electron chi connectivity index (χ1n) is 9.12. The van der Waals surface area contributed by atoms with Crippen LogP contribution in [-0.4, -0.2) is 41.0 Å². The number of halogens is 3. The first kappa shape index (κ1) is 21.0. The number of allylic oxidation sites excluding steroid dienone is 2. The molecule has 0 aromatic heterocycles. The van der Waals surface area contributed by atoms with Crippen molar-refractivity contribution in [2.45, 2.75) is 37.8 Å². The van der Waals surface area contributed by atoms with E-state index in [4.69, 9.17) is 16.4 Å². The Hall–Kier alpha value is -2.72. The topological polar surface area (TPSA) is 105 Å². The van der Waals surface area contributed by atoms with Gasteiger partial charge < -0.3 is 9.84 Å². The molecule has 7 nitrogen and oxygen atoms in total. The van der Waals surface area contributed by atoms with Gasteiger partial charge in [-0.25, -0.2) is 21.5 Å². The number of phenolic OH excluding ortho intramolecular Hbond substituents is 1. The summed E-state index contributed by atoms with van der Waals surface area (Å²) in [6, 6.07) is 3.66. The van der Waals surface area contributed by atoms with Crippen LogP contribution in [0.3, 0.4) is 0 Å². The maximum atomic E-state index is 13.6. The van der Waals surface area contributed by atoms with Gasteiger partial charge in [0.05, 0.1) is 5.57 Å². The lowest BCUT2D eigenvalue weighted by Crippen LogP contribution is -2.48. The van der Waals surface area contributed by atoms with Crippen LogP contribution in [0.2, 0.25) is 0 Å². The van der Waals surface area contributed by atoms with Gasteiger partial charge in [0.2, 0.25) is 0 Å². The number of benzene rings is 1. The van der Waals surface area contributed by atoms with Crippen molar-refractivity contribution in [1.29, 1.82) is 0 Å². The van der Waals surface area contributed by atoms with Crippen LogP contribution in [0.4, 0.5) is 18.0 Å². The van der Waals surface area contributed by atoms with E-state index in [2.05, 4.69) is 0 Å². The number of hydrogen-bond acceptors (Lipinski definition) is 5. The van der Waals surface area contributed by atoms with Crippen LogP contribution in [0.1, 0.15) is 37.2 Å². The lowest BCUT2D eigenvalue weighted by Gasteiger charge is -2.30. The number of ether oxygens (including phenoxy) is 1. The zero-order valence-corrected chi connectivity index (χ0v) is 15.9. The number of urea groups is 1. The molecule has 2 amide bonds. The number of amides is 2. The van der Waals surface area contributed by atoms with Gasteiger partial charge in [0.25, 0.3) is 0 Å². The van der Waals surface area contributed by atoms with Crippen molar-refractivity contribution in [2.24, 2.45) is 11.7 Å². The maximum Gasteiger partial charge on any atom is 0.416 e. The number of carbonyl (C=O) groups excluding carboxylic acids is 1. The van der Waals surface area contributed by atoms with Crippen LogP contribution in [-0.2, 0) is 0 Å². The van der Waals surface area contributed by atoms with Crippen LogP contribution in [0.25, 0.3) is 0 Å². The molecule has 0 bridgehead atoms. The molecule has 29 heavy (non-hydrogen) atoms. The Bertz CT molecular complexity index is 861. The first-order chi connectivity index (χ1) is 13.6. The van der Waals surface area contributed by atoms with Crippen molar-refractivity contribution in [1.82, 2.24) is 10.0 Å². The lowest BCUT2D eigenvalue weighted by atomic mass is 9.94. The molecule has 5 N–H and O–H groups in total. The number of carbonyl (C=O) groups is 1. The van der Waals surface area contributed by atoms with Gasteiger partial charge in [-0.1, -0.05) is 6.08 Å². The van der Waals surface area contributed by atoms with E-state index in [9.17, 15) is 23.1 Å². The van der Waals surface area contributed by atoms with Crippen LogP contribution in [0, 0.1) is 0 Å². The molecule has 0 unspecified atom stereocenters. The van der Waals surface area contributed by atoms with Crippen molar-refractivity contribution in [3.05, 3.63) is 46.7 Å². The Morgan fingerprint density at radius 3 is 2.59 bits per heavy atom. The largest absolute Gasteiger partial charge is 0.508 e. The number of phenols is 1. The number of nitrogens with two attached hydrogens (primary N) is 2. The van der Waals surface area contributed by atoms with Gasteiger partial charge in [0.1, 0.15) is 18.1 Å². The summed E-state index contributed by atoms with van der Waals surface area (Å²) in [6.07, 6.45) is -1.48. The minimum Gasteiger partial charge on any atom is -0.508 e. The third-order valence-corrected chi connectivity index (χ3v) is 4.89. The third-order valence-electron chi connectivity index (χ3n) is 4.89. The van der Waals surface area contributed by atoms with Crippen molar-refractivity contribution >= 4 is 6.03 Å². The van der Waals surface area contributed by atoms with Crippen LogP contribution < -0.4 is 16.4 Å². The normalized spacial score (nSPS) is 17.1. The Balaban J connectivity index is 1.94. The molecule has 0 saturated heterocycles. The van der Waals surface area contributed by atoms with E-state index in [1.54, 1.807) is 6.07 Å². The fraction of sp³-hybridized carbons (Fsp3) is 0.421. The van der Waals surface area contributed by atoms with E-state index >= 15 is 0 Å². The molecule has 0 spiro atoms. The Labute approximate surface area is 165 Å². The van der Waals surface area contributed by atoms with E-state index in [0.29, 0.717) is 15.8 Å². The second kappa shape index (κ2) is 7.96. The van der Waals surface area contributed by atoms with Gasteiger partial charge in [0.15, 0.2) is 0 Å².